The number of carbonyl (C=O) groups is 2. The first kappa shape index (κ1) is 11.0. The molecule has 1 aliphatic rings. The molecule has 1 aliphatic heterocycles. The number of amides is 1. The van der Waals surface area contributed by atoms with Crippen LogP contribution >= 0.6 is 0 Å². The van der Waals surface area contributed by atoms with Crippen LogP contribution in [0.4, 0.5) is 0 Å². The monoisotopic (exact) mass is 200 g/mol. The molecule has 2 atom stereocenters. The van der Waals surface area contributed by atoms with Gasteiger partial charge in [0.05, 0.1) is 19.1 Å². The van der Waals surface area contributed by atoms with Crippen molar-refractivity contribution in [1.29, 1.82) is 0 Å². The molecule has 0 aromatic rings. The zero-order valence-corrected chi connectivity index (χ0v) is 8.50. The minimum Gasteiger partial charge on any atom is -0.550 e. The van der Waals surface area contributed by atoms with E-state index in [4.69, 9.17) is 0 Å². The van der Waals surface area contributed by atoms with Crippen LogP contribution in [0.15, 0.2) is 0 Å². The van der Waals surface area contributed by atoms with Crippen molar-refractivity contribution in [2.45, 2.75) is 32.4 Å². The van der Waals surface area contributed by atoms with Crippen LogP contribution in [0, 0.1) is 0 Å². The third kappa shape index (κ3) is 2.45. The Morgan fingerprint density at radius 3 is 2.86 bits per heavy atom. The van der Waals surface area contributed by atoms with Crippen LogP contribution in [0.25, 0.3) is 0 Å². The minimum absolute atomic E-state index is 0.177. The Hall–Kier alpha value is -1.10. The lowest BCUT2D eigenvalue weighted by molar-refractivity contribution is -0.938. The summed E-state index contributed by atoms with van der Waals surface area (Å²) in [5.41, 5.74) is 0. The highest BCUT2D eigenvalue weighted by molar-refractivity contribution is 5.84. The van der Waals surface area contributed by atoms with E-state index in [2.05, 4.69) is 5.32 Å². The Morgan fingerprint density at radius 2 is 2.36 bits per heavy atom. The van der Waals surface area contributed by atoms with Crippen LogP contribution in [0.1, 0.15) is 20.3 Å². The standard InChI is InChI=1S/C9H16N2O3/c1-6(2)11-4-3-10-9(14)7(11)5-8(12)13/h6-7H,3-5H2,1-2H3,(H,10,14)(H,12,13). The summed E-state index contributed by atoms with van der Waals surface area (Å²) in [5.74, 6) is -1.34. The Bertz CT molecular complexity index is 240. The van der Waals surface area contributed by atoms with E-state index in [0.29, 0.717) is 6.54 Å². The second-order valence-electron chi connectivity index (χ2n) is 3.90. The van der Waals surface area contributed by atoms with Crippen LogP contribution < -0.4 is 15.3 Å². The third-order valence-electron chi connectivity index (χ3n) is 2.59. The summed E-state index contributed by atoms with van der Waals surface area (Å²) in [6, 6.07) is -0.237. The number of carbonyl (C=O) groups excluding carboxylic acids is 2. The first-order chi connectivity index (χ1) is 6.52. The van der Waals surface area contributed by atoms with E-state index in [1.165, 1.54) is 0 Å². The molecule has 0 spiro atoms. The van der Waals surface area contributed by atoms with Gasteiger partial charge in [0.25, 0.3) is 5.91 Å². The number of hydrogen-bond acceptors (Lipinski definition) is 3. The average molecular weight is 200 g/mol. The van der Waals surface area contributed by atoms with E-state index >= 15 is 0 Å². The lowest BCUT2D eigenvalue weighted by atomic mass is 10.1. The van der Waals surface area contributed by atoms with Crippen molar-refractivity contribution in [1.82, 2.24) is 5.32 Å². The van der Waals surface area contributed by atoms with Gasteiger partial charge in [-0.05, 0) is 13.8 Å². The molecule has 0 aliphatic carbocycles. The molecule has 1 saturated heterocycles. The molecule has 2 unspecified atom stereocenters. The highest BCUT2D eigenvalue weighted by atomic mass is 16.4. The summed E-state index contributed by atoms with van der Waals surface area (Å²) in [7, 11) is 0. The number of nitrogens with one attached hydrogen (secondary N) is 2. The second kappa shape index (κ2) is 4.41. The smallest absolute Gasteiger partial charge is 0.278 e. The van der Waals surface area contributed by atoms with Crippen LogP contribution in [-0.4, -0.2) is 37.0 Å². The van der Waals surface area contributed by atoms with Crippen LogP contribution in [0.3, 0.4) is 0 Å². The summed E-state index contributed by atoms with van der Waals surface area (Å²) in [6.45, 7) is 5.36. The Balaban J connectivity index is 2.70. The molecule has 0 saturated carbocycles. The van der Waals surface area contributed by atoms with Gasteiger partial charge in [-0.1, -0.05) is 0 Å². The lowest BCUT2D eigenvalue weighted by Crippen LogP contribution is -3.22. The first-order valence-electron chi connectivity index (χ1n) is 4.85. The summed E-state index contributed by atoms with van der Waals surface area (Å²) < 4.78 is 0. The summed E-state index contributed by atoms with van der Waals surface area (Å²) >= 11 is 0. The number of quaternary nitrogens is 1. The fourth-order valence-electron chi connectivity index (χ4n) is 1.88. The Kier molecular flexibility index (Phi) is 3.46. The molecule has 5 heteroatoms. The topological polar surface area (TPSA) is 73.7 Å². The third-order valence-corrected chi connectivity index (χ3v) is 2.59. The predicted molar refractivity (Wildman–Crippen MR) is 47.4 cm³/mol. The van der Waals surface area contributed by atoms with Crippen molar-refractivity contribution < 1.29 is 19.6 Å². The number of carboxylic acid groups (broad SMARTS) is 1. The van der Waals surface area contributed by atoms with Gasteiger partial charge in [0, 0.05) is 12.4 Å². The van der Waals surface area contributed by atoms with E-state index in [1.807, 2.05) is 13.8 Å². The number of aliphatic carboxylic acids is 1. The zero-order valence-electron chi connectivity index (χ0n) is 8.50. The summed E-state index contributed by atoms with van der Waals surface area (Å²) in [4.78, 5) is 22.9. The molecule has 1 rings (SSSR count). The lowest BCUT2D eigenvalue weighted by Gasteiger charge is -2.34. The largest absolute Gasteiger partial charge is 0.550 e. The number of piperazine rings is 1. The van der Waals surface area contributed by atoms with Crippen molar-refractivity contribution in [3.8, 4) is 0 Å². The van der Waals surface area contributed by atoms with Crippen molar-refractivity contribution in [3.63, 3.8) is 0 Å². The molecule has 80 valence electrons. The van der Waals surface area contributed by atoms with Crippen molar-refractivity contribution >= 4 is 11.9 Å². The van der Waals surface area contributed by atoms with Gasteiger partial charge in [0.1, 0.15) is 0 Å². The van der Waals surface area contributed by atoms with E-state index < -0.39 is 12.0 Å². The van der Waals surface area contributed by atoms with Crippen LogP contribution in [0.2, 0.25) is 0 Å². The fourth-order valence-corrected chi connectivity index (χ4v) is 1.88. The van der Waals surface area contributed by atoms with Gasteiger partial charge < -0.3 is 20.1 Å². The van der Waals surface area contributed by atoms with E-state index in [-0.39, 0.29) is 18.4 Å². The van der Waals surface area contributed by atoms with Gasteiger partial charge in [0.15, 0.2) is 6.04 Å². The number of rotatable bonds is 3. The normalized spacial score (nSPS) is 27.5. The zero-order chi connectivity index (χ0) is 10.7. The quantitative estimate of drug-likeness (QED) is 0.507. The van der Waals surface area contributed by atoms with Gasteiger partial charge in [-0.15, -0.1) is 0 Å². The molecule has 0 aromatic carbocycles. The van der Waals surface area contributed by atoms with Crippen molar-refractivity contribution in [3.05, 3.63) is 0 Å². The first-order valence-corrected chi connectivity index (χ1v) is 4.85. The summed E-state index contributed by atoms with van der Waals surface area (Å²) in [6.07, 6.45) is -0.195. The molecular weight excluding hydrogens is 184 g/mol. The summed E-state index contributed by atoms with van der Waals surface area (Å²) in [5, 5.41) is 13.1. The van der Waals surface area contributed by atoms with Gasteiger partial charge >= 0.3 is 0 Å². The molecular formula is C9H16N2O3. The fraction of sp³-hybridized carbons (Fsp3) is 0.778. The molecule has 1 heterocycles. The van der Waals surface area contributed by atoms with Gasteiger partial charge in [-0.2, -0.15) is 0 Å². The highest BCUT2D eigenvalue weighted by Gasteiger charge is 2.34. The second-order valence-corrected chi connectivity index (χ2v) is 3.90. The molecule has 14 heavy (non-hydrogen) atoms. The minimum atomic E-state index is -1.16. The van der Waals surface area contributed by atoms with Gasteiger partial charge in [-0.25, -0.2) is 0 Å². The Morgan fingerprint density at radius 1 is 1.71 bits per heavy atom. The molecule has 0 radical (unpaired) electrons. The Labute approximate surface area is 83.1 Å². The maximum absolute atomic E-state index is 11.4. The number of carboxylic acids is 1. The van der Waals surface area contributed by atoms with E-state index in [9.17, 15) is 14.7 Å². The van der Waals surface area contributed by atoms with Crippen molar-refractivity contribution in [2.24, 2.45) is 0 Å². The molecule has 0 aromatic heterocycles. The van der Waals surface area contributed by atoms with E-state index in [1.54, 1.807) is 0 Å². The van der Waals surface area contributed by atoms with E-state index in [0.717, 1.165) is 11.4 Å². The maximum Gasteiger partial charge on any atom is 0.278 e. The molecule has 2 N–H and O–H groups in total. The van der Waals surface area contributed by atoms with Crippen LogP contribution in [-0.2, 0) is 9.59 Å². The molecule has 1 amide bonds. The van der Waals surface area contributed by atoms with Crippen molar-refractivity contribution in [2.75, 3.05) is 13.1 Å². The van der Waals surface area contributed by atoms with Gasteiger partial charge in [-0.3, -0.25) is 4.79 Å². The molecule has 1 fully saturated rings. The predicted octanol–water partition coefficient (Wildman–Crippen LogP) is -3.08. The molecule has 0 bridgehead atoms. The molecule has 5 nitrogen and oxygen atoms in total. The van der Waals surface area contributed by atoms with Gasteiger partial charge in [0.2, 0.25) is 0 Å². The van der Waals surface area contributed by atoms with Crippen LogP contribution in [0.5, 0.6) is 0 Å². The average Bonchev–Trinajstić information content (AvgIpc) is 2.07. The number of hydrogen-bond donors (Lipinski definition) is 2. The maximum atomic E-state index is 11.4. The SMILES string of the molecule is CC(C)[NH+]1CCNC(=O)C1CC(=O)[O-]. The highest BCUT2D eigenvalue weighted by Crippen LogP contribution is 1.92.